The van der Waals surface area contributed by atoms with Crippen LogP contribution >= 0.6 is 22.7 Å². The van der Waals surface area contributed by atoms with Crippen molar-refractivity contribution in [2.45, 2.75) is 26.8 Å². The van der Waals surface area contributed by atoms with Gasteiger partial charge in [0.05, 0.1) is 23.1 Å². The van der Waals surface area contributed by atoms with E-state index in [2.05, 4.69) is 32.8 Å². The van der Waals surface area contributed by atoms with Crippen molar-refractivity contribution >= 4 is 44.7 Å². The highest BCUT2D eigenvalue weighted by Crippen LogP contribution is 2.32. The highest BCUT2D eigenvalue weighted by atomic mass is 32.1. The number of rotatable bonds is 4. The number of anilines is 2. The van der Waals surface area contributed by atoms with Crippen LogP contribution in [0.5, 0.6) is 0 Å². The van der Waals surface area contributed by atoms with E-state index in [1.165, 1.54) is 9.75 Å². The molecule has 2 N–H and O–H groups in total. The molecule has 3 heterocycles. The third-order valence-electron chi connectivity index (χ3n) is 3.38. The summed E-state index contributed by atoms with van der Waals surface area (Å²) >= 11 is 3.35. The van der Waals surface area contributed by atoms with Gasteiger partial charge in [0.1, 0.15) is 10.6 Å². The molecule has 7 heteroatoms. The summed E-state index contributed by atoms with van der Waals surface area (Å²) in [5.41, 5.74) is 8.82. The van der Waals surface area contributed by atoms with Crippen molar-refractivity contribution in [1.82, 2.24) is 15.0 Å². The predicted octanol–water partition coefficient (Wildman–Crippen LogP) is 3.24. The van der Waals surface area contributed by atoms with Crippen molar-refractivity contribution < 1.29 is 0 Å². The Morgan fingerprint density at radius 2 is 2.14 bits per heavy atom. The van der Waals surface area contributed by atoms with Crippen LogP contribution in [-0.2, 0) is 13.0 Å². The number of nitrogen functional groups attached to an aromatic ring is 1. The molecule has 3 rings (SSSR count). The molecule has 0 amide bonds. The van der Waals surface area contributed by atoms with E-state index < -0.39 is 0 Å². The van der Waals surface area contributed by atoms with Crippen LogP contribution in [-0.4, -0.2) is 22.0 Å². The van der Waals surface area contributed by atoms with Crippen LogP contribution in [0.1, 0.15) is 22.4 Å². The topological polar surface area (TPSA) is 67.9 Å². The van der Waals surface area contributed by atoms with Crippen LogP contribution in [0.15, 0.2) is 11.6 Å². The molecule has 0 atom stereocenters. The van der Waals surface area contributed by atoms with Gasteiger partial charge in [0.2, 0.25) is 5.95 Å². The van der Waals surface area contributed by atoms with Crippen molar-refractivity contribution in [3.05, 3.63) is 27.0 Å². The number of nitrogens with two attached hydrogens (primary N) is 1. The maximum atomic E-state index is 5.86. The van der Waals surface area contributed by atoms with E-state index in [0.29, 0.717) is 5.95 Å². The first-order valence-corrected chi connectivity index (χ1v) is 8.44. The molecule has 0 unspecified atom stereocenters. The fraction of sp³-hybridized carbons (Fsp3) is 0.357. The molecule has 21 heavy (non-hydrogen) atoms. The zero-order valence-corrected chi connectivity index (χ0v) is 13.9. The third kappa shape index (κ3) is 2.71. The van der Waals surface area contributed by atoms with E-state index >= 15 is 0 Å². The zero-order chi connectivity index (χ0) is 15.0. The van der Waals surface area contributed by atoms with Crippen LogP contribution < -0.4 is 10.6 Å². The Balaban J connectivity index is 2.02. The van der Waals surface area contributed by atoms with Crippen molar-refractivity contribution in [2.24, 2.45) is 0 Å². The van der Waals surface area contributed by atoms with Gasteiger partial charge in [-0.2, -0.15) is 4.98 Å². The van der Waals surface area contributed by atoms with Crippen LogP contribution in [0, 0.1) is 6.92 Å². The SMILES string of the molecule is CCc1cc2c(N(C)Cc3scnc3C)nc(N)nc2s1. The van der Waals surface area contributed by atoms with E-state index in [4.69, 9.17) is 5.73 Å². The molecule has 0 aliphatic heterocycles. The molecule has 3 aromatic heterocycles. The number of hydrogen-bond donors (Lipinski definition) is 1. The number of fused-ring (bicyclic) bond motifs is 1. The third-order valence-corrected chi connectivity index (χ3v) is 5.47. The van der Waals surface area contributed by atoms with Gasteiger partial charge < -0.3 is 10.6 Å². The zero-order valence-electron chi connectivity index (χ0n) is 12.3. The normalized spacial score (nSPS) is 11.2. The first-order valence-electron chi connectivity index (χ1n) is 6.74. The Morgan fingerprint density at radius 1 is 1.33 bits per heavy atom. The second-order valence-corrected chi connectivity index (χ2v) is 6.96. The Bertz CT molecular complexity index is 777. The minimum absolute atomic E-state index is 0.329. The molecule has 0 radical (unpaired) electrons. The fourth-order valence-corrected chi connectivity index (χ4v) is 4.00. The van der Waals surface area contributed by atoms with Gasteiger partial charge in [0, 0.05) is 16.8 Å². The molecule has 5 nitrogen and oxygen atoms in total. The lowest BCUT2D eigenvalue weighted by Crippen LogP contribution is -2.18. The summed E-state index contributed by atoms with van der Waals surface area (Å²) in [6.45, 7) is 4.95. The number of nitrogens with zero attached hydrogens (tertiary/aromatic N) is 4. The summed E-state index contributed by atoms with van der Waals surface area (Å²) in [4.78, 5) is 18.7. The van der Waals surface area contributed by atoms with E-state index in [9.17, 15) is 0 Å². The highest BCUT2D eigenvalue weighted by molar-refractivity contribution is 7.18. The summed E-state index contributed by atoms with van der Waals surface area (Å²) in [6.07, 6.45) is 0.998. The Hall–Kier alpha value is -1.73. The molecule has 3 aromatic rings. The van der Waals surface area contributed by atoms with Gasteiger partial charge in [0.15, 0.2) is 0 Å². The lowest BCUT2D eigenvalue weighted by molar-refractivity contribution is 0.906. The van der Waals surface area contributed by atoms with Crippen molar-refractivity contribution in [3.63, 3.8) is 0 Å². The quantitative estimate of drug-likeness (QED) is 0.799. The smallest absolute Gasteiger partial charge is 0.223 e. The summed E-state index contributed by atoms with van der Waals surface area (Å²) in [6, 6.07) is 2.17. The van der Waals surface area contributed by atoms with Gasteiger partial charge in [-0.25, -0.2) is 9.97 Å². The minimum Gasteiger partial charge on any atom is -0.368 e. The monoisotopic (exact) mass is 319 g/mol. The molecule has 110 valence electrons. The van der Waals surface area contributed by atoms with Crippen LogP contribution in [0.4, 0.5) is 11.8 Å². The maximum Gasteiger partial charge on any atom is 0.223 e. The van der Waals surface area contributed by atoms with Gasteiger partial charge in [-0.15, -0.1) is 22.7 Å². The highest BCUT2D eigenvalue weighted by Gasteiger charge is 2.15. The predicted molar refractivity (Wildman–Crippen MR) is 90.2 cm³/mol. The Labute approximate surface area is 131 Å². The summed E-state index contributed by atoms with van der Waals surface area (Å²) in [5, 5.41) is 1.08. The van der Waals surface area contributed by atoms with E-state index in [1.807, 2.05) is 19.5 Å². The lowest BCUT2D eigenvalue weighted by atomic mass is 10.3. The van der Waals surface area contributed by atoms with Crippen LogP contribution in [0.25, 0.3) is 10.2 Å². The Morgan fingerprint density at radius 3 is 2.81 bits per heavy atom. The van der Waals surface area contributed by atoms with Crippen LogP contribution in [0.2, 0.25) is 0 Å². The summed E-state index contributed by atoms with van der Waals surface area (Å²) < 4.78 is 0. The number of thiophene rings is 1. The van der Waals surface area contributed by atoms with Crippen molar-refractivity contribution in [3.8, 4) is 0 Å². The van der Waals surface area contributed by atoms with E-state index in [0.717, 1.165) is 34.7 Å². The Kier molecular flexibility index (Phi) is 3.77. The first-order chi connectivity index (χ1) is 10.1. The molecule has 0 aliphatic rings. The summed E-state index contributed by atoms with van der Waals surface area (Å²) in [7, 11) is 2.03. The van der Waals surface area contributed by atoms with Gasteiger partial charge in [-0.05, 0) is 19.4 Å². The number of hydrogen-bond acceptors (Lipinski definition) is 7. The maximum absolute atomic E-state index is 5.86. The fourth-order valence-electron chi connectivity index (χ4n) is 2.21. The second-order valence-electron chi connectivity index (χ2n) is 4.91. The average molecular weight is 319 g/mol. The second kappa shape index (κ2) is 5.57. The standard InChI is InChI=1S/C14H17N5S2/c1-4-9-5-10-12(17-14(15)18-13(10)21-9)19(3)6-11-8(2)16-7-20-11/h5,7H,4,6H2,1-3H3,(H2,15,17,18). The summed E-state index contributed by atoms with van der Waals surface area (Å²) in [5.74, 6) is 1.22. The largest absolute Gasteiger partial charge is 0.368 e. The molecule has 0 saturated heterocycles. The number of aromatic nitrogens is 3. The van der Waals surface area contributed by atoms with Gasteiger partial charge in [-0.1, -0.05) is 6.92 Å². The molecule has 0 aromatic carbocycles. The average Bonchev–Trinajstić information content (AvgIpc) is 3.04. The molecule has 0 fully saturated rings. The van der Waals surface area contributed by atoms with Crippen molar-refractivity contribution in [1.29, 1.82) is 0 Å². The van der Waals surface area contributed by atoms with Gasteiger partial charge in [-0.3, -0.25) is 0 Å². The number of thiazole rings is 1. The van der Waals surface area contributed by atoms with Gasteiger partial charge >= 0.3 is 0 Å². The first kappa shape index (κ1) is 14.2. The molecule has 0 saturated carbocycles. The molecule has 0 bridgehead atoms. The lowest BCUT2D eigenvalue weighted by Gasteiger charge is -2.18. The minimum atomic E-state index is 0.329. The molecule has 0 spiro atoms. The van der Waals surface area contributed by atoms with E-state index in [-0.39, 0.29) is 0 Å². The van der Waals surface area contributed by atoms with Crippen LogP contribution in [0.3, 0.4) is 0 Å². The molecule has 0 aliphatic carbocycles. The van der Waals surface area contributed by atoms with Gasteiger partial charge in [0.25, 0.3) is 0 Å². The number of aryl methyl sites for hydroxylation is 2. The molecular weight excluding hydrogens is 302 g/mol. The van der Waals surface area contributed by atoms with Crippen molar-refractivity contribution in [2.75, 3.05) is 17.7 Å². The van der Waals surface area contributed by atoms with E-state index in [1.54, 1.807) is 22.7 Å². The molecular formula is C14H17N5S2.